The van der Waals surface area contributed by atoms with Gasteiger partial charge in [-0.2, -0.15) is 0 Å². The number of halogens is 3. The number of aryl methyl sites for hydroxylation is 1. The number of benzene rings is 1. The standard InChI is InChI=1S/C15H17N3.3ClH/c1-11-8-14(16)2-3-15(11)18-7-5-12-4-6-17-9-13(12)10-18;;;/h2-4,6,8-9H,5,7,10,16H2,1H3;3*1H. The molecule has 0 unspecified atom stereocenters. The van der Waals surface area contributed by atoms with E-state index in [1.807, 2.05) is 24.5 Å². The van der Waals surface area contributed by atoms with E-state index in [4.69, 9.17) is 5.73 Å². The van der Waals surface area contributed by atoms with E-state index in [0.29, 0.717) is 0 Å². The molecule has 2 heterocycles. The number of nitrogens with two attached hydrogens (primary N) is 1. The monoisotopic (exact) mass is 347 g/mol. The number of hydrogen-bond acceptors (Lipinski definition) is 3. The smallest absolute Gasteiger partial charge is 0.0447 e. The molecule has 0 atom stereocenters. The summed E-state index contributed by atoms with van der Waals surface area (Å²) in [5.74, 6) is 0. The van der Waals surface area contributed by atoms with E-state index in [9.17, 15) is 0 Å². The molecule has 0 radical (unpaired) electrons. The summed E-state index contributed by atoms with van der Waals surface area (Å²) in [5, 5.41) is 0. The van der Waals surface area contributed by atoms with Crippen LogP contribution in [0, 0.1) is 6.92 Å². The second-order valence-electron chi connectivity index (χ2n) is 4.86. The quantitative estimate of drug-likeness (QED) is 0.797. The predicted molar refractivity (Wildman–Crippen MR) is 96.3 cm³/mol. The lowest BCUT2D eigenvalue weighted by molar-refractivity contribution is 0.725. The molecule has 1 aliphatic heterocycles. The summed E-state index contributed by atoms with van der Waals surface area (Å²) in [5.41, 5.74) is 11.9. The van der Waals surface area contributed by atoms with Crippen molar-refractivity contribution in [1.82, 2.24) is 4.98 Å². The first-order valence-electron chi connectivity index (χ1n) is 6.27. The molecule has 0 bridgehead atoms. The lowest BCUT2D eigenvalue weighted by atomic mass is 10.0. The van der Waals surface area contributed by atoms with Crippen LogP contribution in [-0.4, -0.2) is 11.5 Å². The number of nitrogens with zero attached hydrogens (tertiary/aromatic N) is 2. The highest BCUT2D eigenvalue weighted by Gasteiger charge is 2.17. The van der Waals surface area contributed by atoms with Crippen molar-refractivity contribution < 1.29 is 0 Å². The third-order valence-corrected chi connectivity index (χ3v) is 3.58. The van der Waals surface area contributed by atoms with Crippen molar-refractivity contribution in [1.29, 1.82) is 0 Å². The molecule has 1 aromatic heterocycles. The van der Waals surface area contributed by atoms with Crippen LogP contribution in [-0.2, 0) is 13.0 Å². The number of fused-ring (bicyclic) bond motifs is 1. The lowest BCUT2D eigenvalue weighted by Gasteiger charge is -2.31. The van der Waals surface area contributed by atoms with Crippen molar-refractivity contribution in [2.75, 3.05) is 17.2 Å². The Morgan fingerprint density at radius 3 is 2.57 bits per heavy atom. The van der Waals surface area contributed by atoms with Gasteiger partial charge in [0.2, 0.25) is 0 Å². The summed E-state index contributed by atoms with van der Waals surface area (Å²) in [6, 6.07) is 8.25. The zero-order chi connectivity index (χ0) is 12.5. The minimum atomic E-state index is 0. The maximum Gasteiger partial charge on any atom is 0.0447 e. The highest BCUT2D eigenvalue weighted by molar-refractivity contribution is 5.86. The van der Waals surface area contributed by atoms with E-state index < -0.39 is 0 Å². The zero-order valence-corrected chi connectivity index (χ0v) is 14.2. The maximum atomic E-state index is 5.81. The lowest BCUT2D eigenvalue weighted by Crippen LogP contribution is -2.30. The molecule has 116 valence electrons. The number of hydrogen-bond donors (Lipinski definition) is 1. The first-order chi connectivity index (χ1) is 8.74. The van der Waals surface area contributed by atoms with Gasteiger partial charge in [-0.1, -0.05) is 0 Å². The molecule has 0 spiro atoms. The van der Waals surface area contributed by atoms with Gasteiger partial charge in [-0.15, -0.1) is 37.2 Å². The summed E-state index contributed by atoms with van der Waals surface area (Å²) < 4.78 is 0. The first-order valence-corrected chi connectivity index (χ1v) is 6.27. The molecule has 3 nitrogen and oxygen atoms in total. The Morgan fingerprint density at radius 2 is 1.86 bits per heavy atom. The van der Waals surface area contributed by atoms with Crippen LogP contribution in [0.1, 0.15) is 16.7 Å². The van der Waals surface area contributed by atoms with Gasteiger partial charge in [-0.25, -0.2) is 0 Å². The Hall–Kier alpha value is -1.16. The van der Waals surface area contributed by atoms with Gasteiger partial charge < -0.3 is 10.6 Å². The maximum absolute atomic E-state index is 5.81. The molecule has 1 aliphatic rings. The van der Waals surface area contributed by atoms with E-state index in [-0.39, 0.29) is 37.2 Å². The van der Waals surface area contributed by atoms with Crippen LogP contribution >= 0.6 is 37.2 Å². The number of pyridine rings is 1. The van der Waals surface area contributed by atoms with Crippen LogP contribution in [0.15, 0.2) is 36.7 Å². The van der Waals surface area contributed by atoms with Gasteiger partial charge in [-0.05, 0) is 54.3 Å². The van der Waals surface area contributed by atoms with Gasteiger partial charge in [0, 0.05) is 36.9 Å². The molecule has 3 rings (SSSR count). The second kappa shape index (κ2) is 8.32. The molecule has 0 aliphatic carbocycles. The minimum absolute atomic E-state index is 0. The minimum Gasteiger partial charge on any atom is -0.399 e. The Bertz CT molecular complexity index is 590. The van der Waals surface area contributed by atoms with Crippen LogP contribution in [0.5, 0.6) is 0 Å². The highest BCUT2D eigenvalue weighted by atomic mass is 35.5. The number of rotatable bonds is 1. The predicted octanol–water partition coefficient (Wildman–Crippen LogP) is 3.80. The Balaban J connectivity index is 0.00000133. The molecule has 0 amide bonds. The Labute approximate surface area is 144 Å². The molecule has 0 saturated heterocycles. The number of anilines is 2. The van der Waals surface area contributed by atoms with E-state index in [1.165, 1.54) is 22.4 Å². The van der Waals surface area contributed by atoms with Gasteiger partial charge in [0.1, 0.15) is 0 Å². The molecule has 0 fully saturated rings. The van der Waals surface area contributed by atoms with Gasteiger partial charge in [0.05, 0.1) is 0 Å². The van der Waals surface area contributed by atoms with E-state index in [0.717, 1.165) is 25.2 Å². The fourth-order valence-electron chi connectivity index (χ4n) is 2.62. The normalized spacial score (nSPS) is 12.3. The topological polar surface area (TPSA) is 42.1 Å². The van der Waals surface area contributed by atoms with Crippen LogP contribution in [0.25, 0.3) is 0 Å². The van der Waals surface area contributed by atoms with Crippen molar-refractivity contribution in [2.24, 2.45) is 0 Å². The largest absolute Gasteiger partial charge is 0.399 e. The van der Waals surface area contributed by atoms with Gasteiger partial charge in [0.25, 0.3) is 0 Å². The highest BCUT2D eigenvalue weighted by Crippen LogP contribution is 2.27. The van der Waals surface area contributed by atoms with E-state index >= 15 is 0 Å². The molecule has 0 saturated carbocycles. The summed E-state index contributed by atoms with van der Waals surface area (Å²) in [7, 11) is 0. The van der Waals surface area contributed by atoms with Crippen molar-refractivity contribution >= 4 is 48.6 Å². The van der Waals surface area contributed by atoms with Crippen molar-refractivity contribution in [3.05, 3.63) is 53.3 Å². The fourth-order valence-corrected chi connectivity index (χ4v) is 2.62. The molecule has 21 heavy (non-hydrogen) atoms. The van der Waals surface area contributed by atoms with Crippen LogP contribution in [0.2, 0.25) is 0 Å². The van der Waals surface area contributed by atoms with Crippen molar-refractivity contribution in [2.45, 2.75) is 19.9 Å². The summed E-state index contributed by atoms with van der Waals surface area (Å²) in [6.07, 6.45) is 4.94. The SMILES string of the molecule is Cc1cc(N)ccc1N1CCc2ccncc2C1.Cl.Cl.Cl. The van der Waals surface area contributed by atoms with E-state index in [1.54, 1.807) is 0 Å². The molecular weight excluding hydrogens is 329 g/mol. The Morgan fingerprint density at radius 1 is 1.10 bits per heavy atom. The summed E-state index contributed by atoms with van der Waals surface area (Å²) in [4.78, 5) is 6.62. The fraction of sp³-hybridized carbons (Fsp3) is 0.267. The van der Waals surface area contributed by atoms with Crippen LogP contribution in [0.4, 0.5) is 11.4 Å². The molecule has 2 aromatic rings. The van der Waals surface area contributed by atoms with Gasteiger partial charge in [0.15, 0.2) is 0 Å². The van der Waals surface area contributed by atoms with Gasteiger partial charge in [-0.3, -0.25) is 4.98 Å². The number of aromatic nitrogens is 1. The van der Waals surface area contributed by atoms with Crippen LogP contribution < -0.4 is 10.6 Å². The van der Waals surface area contributed by atoms with E-state index in [2.05, 4.69) is 28.9 Å². The third kappa shape index (κ3) is 4.16. The molecule has 6 heteroatoms. The zero-order valence-electron chi connectivity index (χ0n) is 11.8. The number of nitrogen functional groups attached to an aromatic ring is 1. The Kier molecular flexibility index (Phi) is 7.86. The second-order valence-corrected chi connectivity index (χ2v) is 4.86. The molecule has 2 N–H and O–H groups in total. The molecule has 1 aromatic carbocycles. The molecular formula is C15H20Cl3N3. The van der Waals surface area contributed by atoms with Crippen molar-refractivity contribution in [3.63, 3.8) is 0 Å². The van der Waals surface area contributed by atoms with Gasteiger partial charge >= 0.3 is 0 Å². The van der Waals surface area contributed by atoms with Crippen molar-refractivity contribution in [3.8, 4) is 0 Å². The first kappa shape index (κ1) is 19.8. The third-order valence-electron chi connectivity index (χ3n) is 3.58. The summed E-state index contributed by atoms with van der Waals surface area (Å²) >= 11 is 0. The van der Waals surface area contributed by atoms with Crippen LogP contribution in [0.3, 0.4) is 0 Å². The summed E-state index contributed by atoms with van der Waals surface area (Å²) in [6.45, 7) is 4.11. The average Bonchev–Trinajstić information content (AvgIpc) is 2.38. The average molecular weight is 349 g/mol.